The van der Waals surface area contributed by atoms with Crippen molar-refractivity contribution < 1.29 is 14.1 Å². The van der Waals surface area contributed by atoms with Crippen molar-refractivity contribution in [1.29, 1.82) is 0 Å². The average molecular weight is 297 g/mol. The molecule has 0 saturated carbocycles. The molecule has 2 rings (SSSR count). The average Bonchev–Trinajstić information content (AvgIpc) is 2.37. The van der Waals surface area contributed by atoms with Gasteiger partial charge in [0.05, 0.1) is 11.0 Å². The summed E-state index contributed by atoms with van der Waals surface area (Å²) in [5.41, 5.74) is -0.748. The monoisotopic (exact) mass is 296 g/mol. The van der Waals surface area contributed by atoms with E-state index in [0.717, 1.165) is 12.1 Å². The Balaban J connectivity index is 2.27. The van der Waals surface area contributed by atoms with Gasteiger partial charge >= 0.3 is 0 Å². The molecule has 7 nitrogen and oxygen atoms in total. The highest BCUT2D eigenvalue weighted by atomic mass is 35.5. The molecular formula is C11H6ClFN4O3. The molecule has 1 amide bonds. The third kappa shape index (κ3) is 3.23. The maximum absolute atomic E-state index is 13.2. The third-order valence-corrected chi connectivity index (χ3v) is 2.41. The zero-order valence-corrected chi connectivity index (χ0v) is 10.5. The fourth-order valence-electron chi connectivity index (χ4n) is 1.38. The molecule has 2 aromatic rings. The lowest BCUT2D eigenvalue weighted by Gasteiger charge is -2.04. The van der Waals surface area contributed by atoms with Gasteiger partial charge in [0, 0.05) is 17.8 Å². The van der Waals surface area contributed by atoms with Crippen LogP contribution in [-0.2, 0) is 0 Å². The minimum atomic E-state index is -0.892. The minimum Gasteiger partial charge on any atom is -0.290 e. The highest BCUT2D eigenvalue weighted by molar-refractivity contribution is 6.29. The minimum absolute atomic E-state index is 0.0885. The number of anilines is 1. The summed E-state index contributed by atoms with van der Waals surface area (Å²) in [4.78, 5) is 29.1. The number of carbonyl (C=O) groups is 1. The Kier molecular flexibility index (Phi) is 3.85. The lowest BCUT2D eigenvalue weighted by Crippen LogP contribution is -2.14. The smallest absolute Gasteiger partial charge is 0.273 e. The maximum Gasteiger partial charge on any atom is 0.273 e. The van der Waals surface area contributed by atoms with Crippen molar-refractivity contribution in [3.8, 4) is 0 Å². The molecule has 0 radical (unpaired) electrons. The van der Waals surface area contributed by atoms with Crippen molar-refractivity contribution in [1.82, 2.24) is 9.97 Å². The van der Waals surface area contributed by atoms with Crippen molar-refractivity contribution >= 4 is 29.1 Å². The molecule has 0 bridgehead atoms. The van der Waals surface area contributed by atoms with Gasteiger partial charge in [0.1, 0.15) is 11.0 Å². The Bertz CT molecular complexity index is 695. The summed E-state index contributed by atoms with van der Waals surface area (Å²) in [6.07, 6.45) is 1.32. The van der Waals surface area contributed by atoms with E-state index in [2.05, 4.69) is 15.3 Å². The SMILES string of the molecule is O=C(Nc1nccc(Cl)n1)c1cc(F)cc([N+](=O)[O-])c1. The van der Waals surface area contributed by atoms with E-state index in [1.807, 2.05) is 0 Å². The van der Waals surface area contributed by atoms with Crippen LogP contribution in [0.2, 0.25) is 5.15 Å². The zero-order valence-electron chi connectivity index (χ0n) is 9.71. The number of rotatable bonds is 3. The first kappa shape index (κ1) is 13.8. The molecule has 0 atom stereocenters. The third-order valence-electron chi connectivity index (χ3n) is 2.20. The van der Waals surface area contributed by atoms with E-state index in [1.54, 1.807) is 0 Å². The van der Waals surface area contributed by atoms with Crippen LogP contribution in [0.5, 0.6) is 0 Å². The number of carbonyl (C=O) groups excluding carboxylic acids is 1. The highest BCUT2D eigenvalue weighted by Crippen LogP contribution is 2.17. The Morgan fingerprint density at radius 2 is 2.15 bits per heavy atom. The Morgan fingerprint density at radius 3 is 2.80 bits per heavy atom. The normalized spacial score (nSPS) is 10.1. The van der Waals surface area contributed by atoms with Crippen LogP contribution < -0.4 is 5.32 Å². The molecule has 1 aromatic heterocycles. The Hall–Kier alpha value is -2.61. The van der Waals surface area contributed by atoms with Crippen LogP contribution in [0.4, 0.5) is 16.0 Å². The number of nitrogens with one attached hydrogen (secondary N) is 1. The van der Waals surface area contributed by atoms with Crippen molar-refractivity contribution in [3.05, 3.63) is 57.1 Å². The number of amides is 1. The molecule has 9 heteroatoms. The van der Waals surface area contributed by atoms with Gasteiger partial charge in [-0.15, -0.1) is 0 Å². The van der Waals surface area contributed by atoms with Gasteiger partial charge in [-0.05, 0) is 12.1 Å². The topological polar surface area (TPSA) is 98.0 Å². The van der Waals surface area contributed by atoms with Crippen LogP contribution in [0.25, 0.3) is 0 Å². The number of halogens is 2. The van der Waals surface area contributed by atoms with Crippen molar-refractivity contribution in [2.75, 3.05) is 5.32 Å². The lowest BCUT2D eigenvalue weighted by atomic mass is 10.2. The Labute approximate surface area is 116 Å². The molecule has 0 fully saturated rings. The van der Waals surface area contributed by atoms with E-state index in [0.29, 0.717) is 6.07 Å². The number of hydrogen-bond donors (Lipinski definition) is 1. The standard InChI is InChI=1S/C11H6ClFN4O3/c12-9-1-2-14-11(15-9)16-10(18)6-3-7(13)5-8(4-6)17(19)20/h1-5H,(H,14,15,16,18). The van der Waals surface area contributed by atoms with Crippen molar-refractivity contribution in [2.45, 2.75) is 0 Å². The summed E-state index contributed by atoms with van der Waals surface area (Å²) in [7, 11) is 0. The van der Waals surface area contributed by atoms with E-state index in [4.69, 9.17) is 11.6 Å². The molecule has 0 aliphatic rings. The van der Waals surface area contributed by atoms with E-state index < -0.39 is 22.3 Å². The van der Waals surface area contributed by atoms with Gasteiger partial charge in [-0.25, -0.2) is 14.4 Å². The van der Waals surface area contributed by atoms with E-state index >= 15 is 0 Å². The number of benzene rings is 1. The van der Waals surface area contributed by atoms with Crippen LogP contribution in [-0.4, -0.2) is 20.8 Å². The van der Waals surface area contributed by atoms with Crippen LogP contribution in [0.3, 0.4) is 0 Å². The zero-order chi connectivity index (χ0) is 14.7. The number of nitrogens with zero attached hydrogens (tertiary/aromatic N) is 3. The first-order valence-corrected chi connectivity index (χ1v) is 5.58. The predicted molar refractivity (Wildman–Crippen MR) is 68.0 cm³/mol. The number of nitro groups is 1. The van der Waals surface area contributed by atoms with Crippen LogP contribution in [0.1, 0.15) is 10.4 Å². The number of non-ortho nitro benzene ring substituents is 1. The largest absolute Gasteiger partial charge is 0.290 e. The van der Waals surface area contributed by atoms with Crippen LogP contribution in [0, 0.1) is 15.9 Å². The lowest BCUT2D eigenvalue weighted by molar-refractivity contribution is -0.385. The van der Waals surface area contributed by atoms with Gasteiger partial charge in [0.25, 0.3) is 11.6 Å². The molecule has 0 saturated heterocycles. The summed E-state index contributed by atoms with van der Waals surface area (Å²) in [6, 6.07) is 3.94. The van der Waals surface area contributed by atoms with Crippen LogP contribution in [0.15, 0.2) is 30.5 Å². The van der Waals surface area contributed by atoms with Gasteiger partial charge in [0.15, 0.2) is 0 Å². The van der Waals surface area contributed by atoms with Crippen molar-refractivity contribution in [3.63, 3.8) is 0 Å². The summed E-state index contributed by atoms with van der Waals surface area (Å²) in [5, 5.41) is 13.0. The molecule has 1 heterocycles. The molecule has 0 aliphatic carbocycles. The van der Waals surface area contributed by atoms with Crippen LogP contribution >= 0.6 is 11.6 Å². The van der Waals surface area contributed by atoms with Gasteiger partial charge < -0.3 is 0 Å². The maximum atomic E-state index is 13.2. The molecule has 0 unspecified atom stereocenters. The molecule has 102 valence electrons. The van der Waals surface area contributed by atoms with E-state index in [-0.39, 0.29) is 16.7 Å². The molecule has 0 aliphatic heterocycles. The fourth-order valence-corrected chi connectivity index (χ4v) is 1.52. The first-order valence-electron chi connectivity index (χ1n) is 5.20. The molecule has 1 aromatic carbocycles. The second kappa shape index (κ2) is 5.57. The van der Waals surface area contributed by atoms with E-state index in [9.17, 15) is 19.3 Å². The summed E-state index contributed by atoms with van der Waals surface area (Å²) < 4.78 is 13.2. The number of hydrogen-bond acceptors (Lipinski definition) is 5. The summed E-state index contributed by atoms with van der Waals surface area (Å²) in [6.45, 7) is 0. The second-order valence-corrected chi connectivity index (χ2v) is 4.00. The molecule has 20 heavy (non-hydrogen) atoms. The molecule has 0 spiro atoms. The fraction of sp³-hybridized carbons (Fsp3) is 0. The highest BCUT2D eigenvalue weighted by Gasteiger charge is 2.15. The quantitative estimate of drug-likeness (QED) is 0.533. The number of aromatic nitrogens is 2. The van der Waals surface area contributed by atoms with Crippen molar-refractivity contribution in [2.24, 2.45) is 0 Å². The predicted octanol–water partition coefficient (Wildman–Crippen LogP) is 2.43. The van der Waals surface area contributed by atoms with Gasteiger partial charge in [0.2, 0.25) is 5.95 Å². The molecular weight excluding hydrogens is 291 g/mol. The Morgan fingerprint density at radius 1 is 1.40 bits per heavy atom. The van der Waals surface area contributed by atoms with E-state index in [1.165, 1.54) is 12.3 Å². The molecule has 1 N–H and O–H groups in total. The van der Waals surface area contributed by atoms with Gasteiger partial charge in [-0.1, -0.05) is 11.6 Å². The summed E-state index contributed by atoms with van der Waals surface area (Å²) in [5.74, 6) is -1.76. The van der Waals surface area contributed by atoms with Gasteiger partial charge in [-0.3, -0.25) is 20.2 Å². The van der Waals surface area contributed by atoms with Gasteiger partial charge in [-0.2, -0.15) is 0 Å². The first-order chi connectivity index (χ1) is 9.45. The second-order valence-electron chi connectivity index (χ2n) is 3.61. The number of nitro benzene ring substituents is 1. The summed E-state index contributed by atoms with van der Waals surface area (Å²) >= 11 is 5.61.